The first-order valence-electron chi connectivity index (χ1n) is 9.02. The van der Waals surface area contributed by atoms with E-state index in [4.69, 9.17) is 0 Å². The molecule has 1 aliphatic heterocycles. The highest BCUT2D eigenvalue weighted by atomic mass is 16.2. The maximum Gasteiger partial charge on any atom is 0.272 e. The standard InChI is InChI=1S/C20H26N4O/c1-14(2)16-8-4-5-9-17(16)23-19-11-18(21-13-22-19)20(25)24-10-6-7-15(3)12-24/h4-5,8-9,11,13-15H,6-7,10,12H2,1-3H3,(H,21,22,23). The Kier molecular flexibility index (Phi) is 5.31. The zero-order valence-electron chi connectivity index (χ0n) is 15.2. The van der Waals surface area contributed by atoms with Crippen LogP contribution in [0.3, 0.4) is 0 Å². The molecular formula is C20H26N4O. The van der Waals surface area contributed by atoms with E-state index in [9.17, 15) is 4.79 Å². The van der Waals surface area contributed by atoms with E-state index in [1.54, 1.807) is 6.07 Å². The molecular weight excluding hydrogens is 312 g/mol. The number of para-hydroxylation sites is 1. The summed E-state index contributed by atoms with van der Waals surface area (Å²) >= 11 is 0. The second-order valence-corrected chi connectivity index (χ2v) is 7.15. The van der Waals surface area contributed by atoms with E-state index in [0.29, 0.717) is 23.3 Å². The largest absolute Gasteiger partial charge is 0.340 e. The first-order chi connectivity index (χ1) is 12.0. The summed E-state index contributed by atoms with van der Waals surface area (Å²) in [6.45, 7) is 8.13. The van der Waals surface area contributed by atoms with Gasteiger partial charge in [-0.3, -0.25) is 4.79 Å². The summed E-state index contributed by atoms with van der Waals surface area (Å²) in [6.07, 6.45) is 3.71. The minimum Gasteiger partial charge on any atom is -0.340 e. The number of piperidine rings is 1. The quantitative estimate of drug-likeness (QED) is 0.907. The third kappa shape index (κ3) is 4.16. The zero-order chi connectivity index (χ0) is 17.8. The molecule has 0 radical (unpaired) electrons. The highest BCUT2D eigenvalue weighted by Crippen LogP contribution is 2.26. The van der Waals surface area contributed by atoms with Crippen LogP contribution < -0.4 is 5.32 Å². The lowest BCUT2D eigenvalue weighted by Crippen LogP contribution is -2.39. The van der Waals surface area contributed by atoms with Crippen molar-refractivity contribution in [3.05, 3.63) is 47.9 Å². The maximum absolute atomic E-state index is 12.7. The number of benzene rings is 1. The van der Waals surface area contributed by atoms with Crippen molar-refractivity contribution in [1.29, 1.82) is 0 Å². The van der Waals surface area contributed by atoms with Gasteiger partial charge in [-0.25, -0.2) is 9.97 Å². The Bertz CT molecular complexity index is 744. The average Bonchev–Trinajstić information content (AvgIpc) is 2.61. The molecule has 1 fully saturated rings. The number of hydrogen-bond donors (Lipinski definition) is 1. The SMILES string of the molecule is CC1CCCN(C(=O)c2cc(Nc3ccccc3C(C)C)ncn2)C1. The van der Waals surface area contributed by atoms with Gasteiger partial charge in [0.2, 0.25) is 0 Å². The number of nitrogens with zero attached hydrogens (tertiary/aromatic N) is 3. The highest BCUT2D eigenvalue weighted by Gasteiger charge is 2.23. The van der Waals surface area contributed by atoms with E-state index >= 15 is 0 Å². The fraction of sp³-hybridized carbons (Fsp3) is 0.450. The summed E-state index contributed by atoms with van der Waals surface area (Å²) in [5.74, 6) is 1.60. The molecule has 0 saturated carbocycles. The molecule has 2 heterocycles. The Morgan fingerprint density at radius 1 is 1.28 bits per heavy atom. The van der Waals surface area contributed by atoms with Gasteiger partial charge in [0.1, 0.15) is 17.8 Å². The van der Waals surface area contributed by atoms with E-state index in [1.165, 1.54) is 18.3 Å². The Balaban J connectivity index is 1.79. The number of carbonyl (C=O) groups is 1. The van der Waals surface area contributed by atoms with Crippen LogP contribution >= 0.6 is 0 Å². The Hall–Kier alpha value is -2.43. The third-order valence-corrected chi connectivity index (χ3v) is 4.68. The van der Waals surface area contributed by atoms with Crippen LogP contribution in [0.15, 0.2) is 36.7 Å². The molecule has 1 N–H and O–H groups in total. The molecule has 1 atom stereocenters. The van der Waals surface area contributed by atoms with Crippen LogP contribution in [-0.4, -0.2) is 33.9 Å². The van der Waals surface area contributed by atoms with Gasteiger partial charge in [0.25, 0.3) is 5.91 Å². The average molecular weight is 338 g/mol. The van der Waals surface area contributed by atoms with Gasteiger partial charge in [-0.2, -0.15) is 0 Å². The third-order valence-electron chi connectivity index (χ3n) is 4.68. The summed E-state index contributed by atoms with van der Waals surface area (Å²) in [5.41, 5.74) is 2.69. The molecule has 1 unspecified atom stereocenters. The molecule has 1 amide bonds. The lowest BCUT2D eigenvalue weighted by atomic mass is 10.00. The van der Waals surface area contributed by atoms with Gasteiger partial charge in [-0.05, 0) is 36.3 Å². The lowest BCUT2D eigenvalue weighted by Gasteiger charge is -2.30. The van der Waals surface area contributed by atoms with Crippen molar-refractivity contribution in [3.8, 4) is 0 Å². The van der Waals surface area contributed by atoms with Crippen LogP contribution in [0.5, 0.6) is 0 Å². The van der Waals surface area contributed by atoms with Gasteiger partial charge in [-0.15, -0.1) is 0 Å². The second kappa shape index (κ2) is 7.64. The van der Waals surface area contributed by atoms with Crippen LogP contribution in [-0.2, 0) is 0 Å². The number of likely N-dealkylation sites (tertiary alicyclic amines) is 1. The topological polar surface area (TPSA) is 58.1 Å². The van der Waals surface area contributed by atoms with Crippen molar-refractivity contribution in [2.75, 3.05) is 18.4 Å². The van der Waals surface area contributed by atoms with Gasteiger partial charge in [0.15, 0.2) is 0 Å². The molecule has 132 valence electrons. The first-order valence-corrected chi connectivity index (χ1v) is 9.02. The smallest absolute Gasteiger partial charge is 0.272 e. The molecule has 1 saturated heterocycles. The van der Waals surface area contributed by atoms with Crippen molar-refractivity contribution in [1.82, 2.24) is 14.9 Å². The number of aromatic nitrogens is 2. The maximum atomic E-state index is 12.7. The summed E-state index contributed by atoms with van der Waals surface area (Å²) in [4.78, 5) is 23.1. The number of amides is 1. The van der Waals surface area contributed by atoms with Gasteiger partial charge < -0.3 is 10.2 Å². The second-order valence-electron chi connectivity index (χ2n) is 7.15. The van der Waals surface area contributed by atoms with Crippen molar-refractivity contribution in [3.63, 3.8) is 0 Å². The highest BCUT2D eigenvalue weighted by molar-refractivity contribution is 5.93. The molecule has 5 heteroatoms. The van der Waals surface area contributed by atoms with Crippen LogP contribution in [0.2, 0.25) is 0 Å². The molecule has 3 rings (SSSR count). The van der Waals surface area contributed by atoms with Gasteiger partial charge in [0.05, 0.1) is 0 Å². The number of rotatable bonds is 4. The summed E-state index contributed by atoms with van der Waals surface area (Å²) in [7, 11) is 0. The summed E-state index contributed by atoms with van der Waals surface area (Å²) in [6, 6.07) is 9.92. The molecule has 0 spiro atoms. The van der Waals surface area contributed by atoms with E-state index in [-0.39, 0.29) is 5.91 Å². The van der Waals surface area contributed by atoms with Crippen LogP contribution in [0.25, 0.3) is 0 Å². The van der Waals surface area contributed by atoms with Crippen molar-refractivity contribution < 1.29 is 4.79 Å². The first kappa shape index (κ1) is 17.4. The molecule has 1 aromatic carbocycles. The molecule has 0 bridgehead atoms. The molecule has 5 nitrogen and oxygen atoms in total. The van der Waals surface area contributed by atoms with Crippen molar-refractivity contribution in [2.45, 2.75) is 39.5 Å². The number of carbonyl (C=O) groups excluding carboxylic acids is 1. The minimum atomic E-state index is -0.00542. The summed E-state index contributed by atoms with van der Waals surface area (Å²) < 4.78 is 0. The van der Waals surface area contributed by atoms with Crippen molar-refractivity contribution in [2.24, 2.45) is 5.92 Å². The fourth-order valence-electron chi connectivity index (χ4n) is 3.33. The predicted octanol–water partition coefficient (Wildman–Crippen LogP) is 4.22. The van der Waals surface area contributed by atoms with Crippen LogP contribution in [0.1, 0.15) is 55.6 Å². The van der Waals surface area contributed by atoms with Crippen LogP contribution in [0.4, 0.5) is 11.5 Å². The molecule has 25 heavy (non-hydrogen) atoms. The van der Waals surface area contributed by atoms with Gasteiger partial charge in [0, 0.05) is 24.8 Å². The molecule has 1 aromatic heterocycles. The van der Waals surface area contributed by atoms with Crippen LogP contribution in [0, 0.1) is 5.92 Å². The Labute approximate surface area is 149 Å². The van der Waals surface area contributed by atoms with E-state index in [1.807, 2.05) is 23.1 Å². The zero-order valence-corrected chi connectivity index (χ0v) is 15.2. The van der Waals surface area contributed by atoms with E-state index in [2.05, 4.69) is 42.1 Å². The molecule has 2 aromatic rings. The molecule has 1 aliphatic rings. The predicted molar refractivity (Wildman–Crippen MR) is 100 cm³/mol. The Morgan fingerprint density at radius 2 is 2.08 bits per heavy atom. The Morgan fingerprint density at radius 3 is 2.84 bits per heavy atom. The normalized spacial score (nSPS) is 17.6. The number of anilines is 2. The van der Waals surface area contributed by atoms with Crippen molar-refractivity contribution >= 4 is 17.4 Å². The van der Waals surface area contributed by atoms with Gasteiger partial charge >= 0.3 is 0 Å². The summed E-state index contributed by atoms with van der Waals surface area (Å²) in [5, 5.41) is 3.34. The number of nitrogens with one attached hydrogen (secondary N) is 1. The lowest BCUT2D eigenvalue weighted by molar-refractivity contribution is 0.0677. The minimum absolute atomic E-state index is 0.00542. The molecule has 0 aliphatic carbocycles. The van der Waals surface area contributed by atoms with Gasteiger partial charge in [-0.1, -0.05) is 39.0 Å². The monoisotopic (exact) mass is 338 g/mol. The number of hydrogen-bond acceptors (Lipinski definition) is 4. The van der Waals surface area contributed by atoms with E-state index in [0.717, 1.165) is 25.2 Å². The fourth-order valence-corrected chi connectivity index (χ4v) is 3.33. The van der Waals surface area contributed by atoms with E-state index < -0.39 is 0 Å².